The van der Waals surface area contributed by atoms with E-state index in [0.717, 1.165) is 4.90 Å². The van der Waals surface area contributed by atoms with Gasteiger partial charge in [-0.15, -0.1) is 10.2 Å². The van der Waals surface area contributed by atoms with Crippen LogP contribution >= 0.6 is 11.8 Å². The summed E-state index contributed by atoms with van der Waals surface area (Å²) in [5.74, 6) is 0.824. The molecule has 8 nitrogen and oxygen atoms in total. The quantitative estimate of drug-likeness (QED) is 0.591. The zero-order chi connectivity index (χ0) is 16.4. The first kappa shape index (κ1) is 15.9. The van der Waals surface area contributed by atoms with Gasteiger partial charge in [-0.25, -0.2) is 8.42 Å². The Labute approximate surface area is 136 Å². The zero-order valence-electron chi connectivity index (χ0n) is 11.9. The summed E-state index contributed by atoms with van der Waals surface area (Å²) in [6.07, 6.45) is 1.07. The Balaban J connectivity index is 1.62. The predicted octanol–water partition coefficient (Wildman–Crippen LogP) is 2.11. The highest BCUT2D eigenvalue weighted by molar-refractivity contribution is 7.99. The number of benzene rings is 1. The number of hydrogen-bond acceptors (Lipinski definition) is 8. The van der Waals surface area contributed by atoms with Gasteiger partial charge in [-0.05, 0) is 36.2 Å². The normalized spacial score (nSPS) is 19.7. The number of hydrogen-bond donors (Lipinski definition) is 0. The van der Waals surface area contributed by atoms with Crippen LogP contribution in [-0.2, 0) is 16.3 Å². The molecule has 1 aliphatic rings. The molecule has 0 bridgehead atoms. The summed E-state index contributed by atoms with van der Waals surface area (Å²) >= 11 is 1.21. The third kappa shape index (κ3) is 4.08. The van der Waals surface area contributed by atoms with Crippen molar-refractivity contribution in [3.8, 4) is 0 Å². The molecule has 0 aliphatic carbocycles. The molecule has 2 heterocycles. The molecule has 1 fully saturated rings. The van der Waals surface area contributed by atoms with Crippen molar-refractivity contribution in [2.45, 2.75) is 23.0 Å². The average Bonchev–Trinajstić information content (AvgIpc) is 3.06. The number of rotatable bonds is 5. The lowest BCUT2D eigenvalue weighted by Gasteiger charge is -2.01. The molecule has 0 saturated carbocycles. The summed E-state index contributed by atoms with van der Waals surface area (Å²) in [4.78, 5) is 10.9. The SMILES string of the molecule is O=[N+]([O-])c1ccc(Sc2nnc(CC3CCS(=O)(=O)C3)o2)cc1. The van der Waals surface area contributed by atoms with E-state index in [-0.39, 0.29) is 23.1 Å². The molecule has 0 N–H and O–H groups in total. The average molecular weight is 355 g/mol. The molecular formula is C13H13N3O5S2. The predicted molar refractivity (Wildman–Crippen MR) is 82.0 cm³/mol. The summed E-state index contributed by atoms with van der Waals surface area (Å²) in [6, 6.07) is 6.03. The van der Waals surface area contributed by atoms with Crippen LogP contribution in [0.3, 0.4) is 0 Å². The topological polar surface area (TPSA) is 116 Å². The highest BCUT2D eigenvalue weighted by Gasteiger charge is 2.29. The van der Waals surface area contributed by atoms with E-state index < -0.39 is 14.8 Å². The van der Waals surface area contributed by atoms with Crippen LogP contribution in [0.5, 0.6) is 0 Å². The van der Waals surface area contributed by atoms with Gasteiger partial charge in [0.05, 0.1) is 16.4 Å². The molecule has 0 radical (unpaired) electrons. The largest absolute Gasteiger partial charge is 0.416 e. The van der Waals surface area contributed by atoms with Gasteiger partial charge in [-0.3, -0.25) is 10.1 Å². The minimum absolute atomic E-state index is 0.0167. The van der Waals surface area contributed by atoms with Crippen molar-refractivity contribution in [2.75, 3.05) is 11.5 Å². The number of nitro groups is 1. The fourth-order valence-electron chi connectivity index (χ4n) is 2.38. The molecule has 3 rings (SSSR count). The second kappa shape index (κ2) is 6.28. The van der Waals surface area contributed by atoms with Crippen LogP contribution in [0.2, 0.25) is 0 Å². The number of aromatic nitrogens is 2. The van der Waals surface area contributed by atoms with Gasteiger partial charge in [-0.1, -0.05) is 0 Å². The molecule has 2 aromatic rings. The summed E-state index contributed by atoms with van der Waals surface area (Å²) in [7, 11) is -2.92. The lowest BCUT2D eigenvalue weighted by Crippen LogP contribution is -2.07. The van der Waals surface area contributed by atoms with E-state index in [1.807, 2.05) is 0 Å². The Kier molecular flexibility index (Phi) is 4.35. The zero-order valence-corrected chi connectivity index (χ0v) is 13.5. The number of nitrogens with zero attached hydrogens (tertiary/aromatic N) is 3. The van der Waals surface area contributed by atoms with E-state index in [1.165, 1.54) is 23.9 Å². The molecule has 0 amide bonds. The van der Waals surface area contributed by atoms with E-state index in [4.69, 9.17) is 4.42 Å². The molecular weight excluding hydrogens is 342 g/mol. The molecule has 1 unspecified atom stereocenters. The highest BCUT2D eigenvalue weighted by Crippen LogP contribution is 2.29. The van der Waals surface area contributed by atoms with Crippen molar-refractivity contribution in [2.24, 2.45) is 5.92 Å². The lowest BCUT2D eigenvalue weighted by atomic mass is 10.1. The molecule has 1 atom stereocenters. The molecule has 1 aromatic carbocycles. The summed E-state index contributed by atoms with van der Waals surface area (Å²) in [5.41, 5.74) is 0.0167. The summed E-state index contributed by atoms with van der Waals surface area (Å²) in [5, 5.41) is 18.8. The van der Waals surface area contributed by atoms with E-state index in [1.54, 1.807) is 12.1 Å². The van der Waals surface area contributed by atoms with Crippen LogP contribution in [0.15, 0.2) is 38.8 Å². The van der Waals surface area contributed by atoms with Crippen LogP contribution in [0.4, 0.5) is 5.69 Å². The van der Waals surface area contributed by atoms with Crippen LogP contribution in [0.25, 0.3) is 0 Å². The first-order valence-electron chi connectivity index (χ1n) is 6.86. The van der Waals surface area contributed by atoms with Crippen LogP contribution in [-0.4, -0.2) is 35.0 Å². The van der Waals surface area contributed by atoms with Crippen molar-refractivity contribution in [3.63, 3.8) is 0 Å². The minimum Gasteiger partial charge on any atom is -0.416 e. The first-order chi connectivity index (χ1) is 10.9. The molecule has 1 aromatic heterocycles. The van der Waals surface area contributed by atoms with E-state index in [0.29, 0.717) is 24.0 Å². The third-order valence-corrected chi connectivity index (χ3v) is 6.18. The second-order valence-corrected chi connectivity index (χ2v) is 8.54. The first-order valence-corrected chi connectivity index (χ1v) is 9.50. The number of sulfone groups is 1. The van der Waals surface area contributed by atoms with Crippen molar-refractivity contribution >= 4 is 27.3 Å². The molecule has 0 spiro atoms. The smallest absolute Gasteiger partial charge is 0.281 e. The molecule has 122 valence electrons. The van der Waals surface area contributed by atoms with Gasteiger partial charge in [-0.2, -0.15) is 0 Å². The van der Waals surface area contributed by atoms with Gasteiger partial charge >= 0.3 is 0 Å². The summed E-state index contributed by atoms with van der Waals surface area (Å²) < 4.78 is 28.4. The maximum absolute atomic E-state index is 11.4. The van der Waals surface area contributed by atoms with Gasteiger partial charge in [0.15, 0.2) is 9.84 Å². The van der Waals surface area contributed by atoms with E-state index in [9.17, 15) is 18.5 Å². The van der Waals surface area contributed by atoms with Crippen molar-refractivity contribution in [1.29, 1.82) is 0 Å². The number of nitro benzene ring substituents is 1. The number of non-ortho nitro benzene ring substituents is 1. The molecule has 1 aliphatic heterocycles. The Bertz CT molecular complexity index is 816. The maximum Gasteiger partial charge on any atom is 0.281 e. The Hall–Kier alpha value is -1.94. The minimum atomic E-state index is -2.92. The maximum atomic E-state index is 11.4. The van der Waals surface area contributed by atoms with Gasteiger partial charge < -0.3 is 4.42 Å². The van der Waals surface area contributed by atoms with Crippen LogP contribution in [0.1, 0.15) is 12.3 Å². The van der Waals surface area contributed by atoms with Gasteiger partial charge in [0.2, 0.25) is 5.89 Å². The second-order valence-electron chi connectivity index (χ2n) is 5.29. The van der Waals surface area contributed by atoms with Gasteiger partial charge in [0, 0.05) is 23.4 Å². The molecule has 10 heteroatoms. The van der Waals surface area contributed by atoms with E-state index >= 15 is 0 Å². The van der Waals surface area contributed by atoms with E-state index in [2.05, 4.69) is 10.2 Å². The fourth-order valence-corrected chi connectivity index (χ4v) is 4.93. The summed E-state index contributed by atoms with van der Waals surface area (Å²) in [6.45, 7) is 0. The van der Waals surface area contributed by atoms with Crippen LogP contribution < -0.4 is 0 Å². The molecule has 23 heavy (non-hydrogen) atoms. The highest BCUT2D eigenvalue weighted by atomic mass is 32.2. The van der Waals surface area contributed by atoms with Gasteiger partial charge in [0.25, 0.3) is 10.9 Å². The Morgan fingerprint density at radius 1 is 1.30 bits per heavy atom. The van der Waals surface area contributed by atoms with Crippen molar-refractivity contribution in [1.82, 2.24) is 10.2 Å². The standard InChI is InChI=1S/C13H13N3O5S2/c17-16(18)10-1-3-11(4-2-10)22-13-15-14-12(21-13)7-9-5-6-23(19,20)8-9/h1-4,9H,5-8H2. The van der Waals surface area contributed by atoms with Crippen LogP contribution in [0, 0.1) is 16.0 Å². The lowest BCUT2D eigenvalue weighted by molar-refractivity contribution is -0.384. The molecule has 1 saturated heterocycles. The Morgan fingerprint density at radius 3 is 2.65 bits per heavy atom. The monoisotopic (exact) mass is 355 g/mol. The fraction of sp³-hybridized carbons (Fsp3) is 0.385. The van der Waals surface area contributed by atoms with Gasteiger partial charge in [0.1, 0.15) is 0 Å². The van der Waals surface area contributed by atoms with Crippen molar-refractivity contribution < 1.29 is 17.8 Å². The Morgan fingerprint density at radius 2 is 2.04 bits per heavy atom. The third-order valence-electron chi connectivity index (χ3n) is 3.49. The van der Waals surface area contributed by atoms with Crippen molar-refractivity contribution in [3.05, 3.63) is 40.3 Å².